The maximum Gasteiger partial charge on any atom is 0.308 e. The average molecular weight is 236 g/mol. The Kier molecular flexibility index (Phi) is 3.10. The fraction of sp³-hybridized carbons (Fsp3) is 0.250. The Labute approximate surface area is 97.3 Å². The Morgan fingerprint density at radius 3 is 2.88 bits per heavy atom. The van der Waals surface area contributed by atoms with Crippen LogP contribution in [0.1, 0.15) is 12.5 Å². The second-order valence-corrected chi connectivity index (χ2v) is 4.38. The van der Waals surface area contributed by atoms with E-state index in [1.165, 1.54) is 11.3 Å². The maximum atomic E-state index is 10.8. The monoisotopic (exact) mass is 236 g/mol. The fourth-order valence-corrected chi connectivity index (χ4v) is 2.77. The van der Waals surface area contributed by atoms with E-state index in [9.17, 15) is 4.79 Å². The van der Waals surface area contributed by atoms with Crippen molar-refractivity contribution in [1.82, 2.24) is 0 Å². The third-order valence-corrected chi connectivity index (χ3v) is 3.39. The molecule has 1 heterocycles. The molecule has 1 aromatic carbocycles. The number of aliphatic carboxylic acids is 1. The summed E-state index contributed by atoms with van der Waals surface area (Å²) >= 11 is 1.50. The highest BCUT2D eigenvalue weighted by atomic mass is 32.1. The van der Waals surface area contributed by atoms with E-state index in [1.54, 1.807) is 0 Å². The van der Waals surface area contributed by atoms with Crippen LogP contribution in [0.5, 0.6) is 5.06 Å². The van der Waals surface area contributed by atoms with E-state index in [4.69, 9.17) is 9.84 Å². The van der Waals surface area contributed by atoms with E-state index in [0.717, 1.165) is 20.7 Å². The molecule has 0 unspecified atom stereocenters. The van der Waals surface area contributed by atoms with Gasteiger partial charge in [0.2, 0.25) is 0 Å². The lowest BCUT2D eigenvalue weighted by atomic mass is 10.1. The van der Waals surface area contributed by atoms with Crippen molar-refractivity contribution in [2.75, 3.05) is 6.61 Å². The molecule has 0 radical (unpaired) electrons. The first kappa shape index (κ1) is 11.0. The standard InChI is InChI=1S/C12H12O3S/c1-2-15-12-9(7-11(13)14)8-5-3-4-6-10(8)16-12/h3-6H,2,7H2,1H3,(H,13,14). The normalized spacial score (nSPS) is 10.6. The summed E-state index contributed by atoms with van der Waals surface area (Å²) in [6.07, 6.45) is 0.0132. The van der Waals surface area contributed by atoms with Crippen molar-refractivity contribution in [3.05, 3.63) is 29.8 Å². The van der Waals surface area contributed by atoms with Crippen LogP contribution in [-0.4, -0.2) is 17.7 Å². The number of hydrogen-bond acceptors (Lipinski definition) is 3. The molecule has 2 rings (SSSR count). The van der Waals surface area contributed by atoms with E-state index in [2.05, 4.69) is 0 Å². The van der Waals surface area contributed by atoms with Crippen molar-refractivity contribution >= 4 is 27.4 Å². The van der Waals surface area contributed by atoms with Gasteiger partial charge in [-0.3, -0.25) is 4.79 Å². The van der Waals surface area contributed by atoms with Crippen LogP contribution in [0.2, 0.25) is 0 Å². The van der Waals surface area contributed by atoms with Crippen LogP contribution in [0.15, 0.2) is 24.3 Å². The lowest BCUT2D eigenvalue weighted by Gasteiger charge is -2.02. The smallest absolute Gasteiger partial charge is 0.308 e. The minimum Gasteiger partial charge on any atom is -0.484 e. The Hall–Kier alpha value is -1.55. The van der Waals surface area contributed by atoms with E-state index in [-0.39, 0.29) is 6.42 Å². The largest absolute Gasteiger partial charge is 0.484 e. The van der Waals surface area contributed by atoms with Crippen LogP contribution < -0.4 is 4.74 Å². The lowest BCUT2D eigenvalue weighted by molar-refractivity contribution is -0.136. The molecular weight excluding hydrogens is 224 g/mol. The number of benzene rings is 1. The quantitative estimate of drug-likeness (QED) is 0.887. The van der Waals surface area contributed by atoms with Gasteiger partial charge in [-0.1, -0.05) is 29.5 Å². The van der Waals surface area contributed by atoms with E-state index < -0.39 is 5.97 Å². The Morgan fingerprint density at radius 2 is 2.19 bits per heavy atom. The first-order valence-electron chi connectivity index (χ1n) is 5.07. The molecule has 1 aromatic heterocycles. The molecule has 0 saturated heterocycles. The predicted molar refractivity (Wildman–Crippen MR) is 64.3 cm³/mol. The van der Waals surface area contributed by atoms with Crippen LogP contribution in [0.3, 0.4) is 0 Å². The summed E-state index contributed by atoms with van der Waals surface area (Å²) in [5.74, 6) is -0.829. The van der Waals surface area contributed by atoms with Gasteiger partial charge in [0.05, 0.1) is 13.0 Å². The highest BCUT2D eigenvalue weighted by molar-refractivity contribution is 7.21. The number of thiophene rings is 1. The second kappa shape index (κ2) is 4.53. The minimum atomic E-state index is -0.829. The third kappa shape index (κ3) is 2.02. The molecule has 0 atom stereocenters. The molecule has 0 saturated carbocycles. The first-order valence-corrected chi connectivity index (χ1v) is 5.89. The van der Waals surface area contributed by atoms with Crippen LogP contribution >= 0.6 is 11.3 Å². The fourth-order valence-electron chi connectivity index (χ4n) is 1.64. The Balaban J connectivity index is 2.54. The minimum absolute atomic E-state index is 0.0132. The van der Waals surface area contributed by atoms with E-state index in [1.807, 2.05) is 31.2 Å². The van der Waals surface area contributed by atoms with Crippen molar-refractivity contribution in [2.24, 2.45) is 0 Å². The summed E-state index contributed by atoms with van der Waals surface area (Å²) in [4.78, 5) is 10.8. The Bertz CT molecular complexity index is 516. The summed E-state index contributed by atoms with van der Waals surface area (Å²) < 4.78 is 6.55. The van der Waals surface area contributed by atoms with Crippen molar-refractivity contribution in [1.29, 1.82) is 0 Å². The second-order valence-electron chi connectivity index (χ2n) is 3.37. The topological polar surface area (TPSA) is 46.5 Å². The maximum absolute atomic E-state index is 10.8. The molecule has 0 aliphatic heterocycles. The highest BCUT2D eigenvalue weighted by Crippen LogP contribution is 2.37. The SMILES string of the molecule is CCOc1sc2ccccc2c1CC(=O)O. The number of carbonyl (C=O) groups is 1. The van der Waals surface area contributed by atoms with Gasteiger partial charge in [0.25, 0.3) is 0 Å². The summed E-state index contributed by atoms with van der Waals surface area (Å²) in [6.45, 7) is 2.45. The van der Waals surface area contributed by atoms with Crippen LogP contribution in [-0.2, 0) is 11.2 Å². The molecule has 16 heavy (non-hydrogen) atoms. The zero-order valence-corrected chi connectivity index (χ0v) is 9.71. The molecule has 84 valence electrons. The van der Waals surface area contributed by atoms with Gasteiger partial charge < -0.3 is 9.84 Å². The van der Waals surface area contributed by atoms with Gasteiger partial charge in [0, 0.05) is 15.6 Å². The van der Waals surface area contributed by atoms with Gasteiger partial charge in [-0.15, -0.1) is 0 Å². The summed E-state index contributed by atoms with van der Waals surface area (Å²) in [7, 11) is 0. The summed E-state index contributed by atoms with van der Waals surface area (Å²) in [5, 5.41) is 10.6. The van der Waals surface area contributed by atoms with Crippen LogP contribution in [0.25, 0.3) is 10.1 Å². The van der Waals surface area contributed by atoms with Gasteiger partial charge in [-0.2, -0.15) is 0 Å². The van der Waals surface area contributed by atoms with Crippen molar-refractivity contribution < 1.29 is 14.6 Å². The number of hydrogen-bond donors (Lipinski definition) is 1. The molecule has 0 amide bonds. The molecule has 1 N–H and O–H groups in total. The number of rotatable bonds is 4. The molecule has 4 heteroatoms. The molecule has 0 aliphatic rings. The predicted octanol–water partition coefficient (Wildman–Crippen LogP) is 2.93. The molecule has 3 nitrogen and oxygen atoms in total. The summed E-state index contributed by atoms with van der Waals surface area (Å²) in [6, 6.07) is 7.77. The highest BCUT2D eigenvalue weighted by Gasteiger charge is 2.15. The molecule has 2 aromatic rings. The van der Waals surface area contributed by atoms with Crippen molar-refractivity contribution in [3.63, 3.8) is 0 Å². The van der Waals surface area contributed by atoms with E-state index >= 15 is 0 Å². The van der Waals surface area contributed by atoms with E-state index in [0.29, 0.717) is 6.61 Å². The number of fused-ring (bicyclic) bond motifs is 1. The summed E-state index contributed by atoms with van der Waals surface area (Å²) in [5.41, 5.74) is 0.787. The molecule has 0 aliphatic carbocycles. The van der Waals surface area contributed by atoms with Gasteiger partial charge in [-0.25, -0.2) is 0 Å². The molecule has 0 bridgehead atoms. The molecule has 0 fully saturated rings. The molecular formula is C12H12O3S. The van der Waals surface area contributed by atoms with Gasteiger partial charge in [0.1, 0.15) is 0 Å². The average Bonchev–Trinajstić information content (AvgIpc) is 2.57. The number of carboxylic acids is 1. The first-order chi connectivity index (χ1) is 7.72. The zero-order valence-electron chi connectivity index (χ0n) is 8.90. The van der Waals surface area contributed by atoms with Crippen molar-refractivity contribution in [3.8, 4) is 5.06 Å². The number of ether oxygens (including phenoxy) is 1. The lowest BCUT2D eigenvalue weighted by Crippen LogP contribution is -2.01. The number of carboxylic acid groups (broad SMARTS) is 1. The van der Waals surface area contributed by atoms with Crippen LogP contribution in [0.4, 0.5) is 0 Å². The third-order valence-electron chi connectivity index (χ3n) is 2.26. The van der Waals surface area contributed by atoms with Gasteiger partial charge in [-0.05, 0) is 13.0 Å². The Morgan fingerprint density at radius 1 is 1.44 bits per heavy atom. The van der Waals surface area contributed by atoms with Gasteiger partial charge >= 0.3 is 5.97 Å². The van der Waals surface area contributed by atoms with Gasteiger partial charge in [0.15, 0.2) is 5.06 Å². The van der Waals surface area contributed by atoms with Crippen molar-refractivity contribution in [2.45, 2.75) is 13.3 Å². The molecule has 0 spiro atoms. The zero-order chi connectivity index (χ0) is 11.5. The van der Waals surface area contributed by atoms with Crippen LogP contribution in [0, 0.1) is 0 Å².